The second-order valence-corrected chi connectivity index (χ2v) is 12.8. The molecule has 0 radical (unpaired) electrons. The molecule has 0 unspecified atom stereocenters. The van der Waals surface area contributed by atoms with Crippen LogP contribution in [-0.2, 0) is 0 Å². The molecule has 0 amide bonds. The average molecular weight is 629 g/mol. The van der Waals surface area contributed by atoms with E-state index >= 15 is 0 Å². The molecule has 1 aliphatic rings. The summed E-state index contributed by atoms with van der Waals surface area (Å²) in [7, 11) is 3.79. The number of benzene rings is 2. The van der Waals surface area contributed by atoms with Gasteiger partial charge in [0.25, 0.3) is 0 Å². The molecule has 2 aromatic rings. The number of nitrogens with zero attached hydrogens (tertiary/aromatic N) is 2. The van der Waals surface area contributed by atoms with Gasteiger partial charge in [0.2, 0.25) is 0 Å². The highest BCUT2D eigenvalue weighted by Crippen LogP contribution is 2.21. The Kier molecular flexibility index (Phi) is 17.6. The van der Waals surface area contributed by atoms with Gasteiger partial charge >= 0.3 is 0 Å². The maximum Gasteiger partial charge on any atom is 0.0488 e. The Labute approximate surface area is 272 Å². The van der Waals surface area contributed by atoms with Crippen molar-refractivity contribution in [2.45, 2.75) is 12.8 Å². The zero-order valence-electron chi connectivity index (χ0n) is 25.7. The van der Waals surface area contributed by atoms with Crippen molar-refractivity contribution in [3.8, 4) is 0 Å². The highest BCUT2D eigenvalue weighted by molar-refractivity contribution is 8.76. The molecule has 6 nitrogen and oxygen atoms in total. The SMILES string of the molecule is C=CC(/C=C/c1ccc(NCCCN)cc1)=C\C=N\CCSSCCN1C=CC(/C=C/c2ccc(NCCCN)cc2)=CC1. The van der Waals surface area contributed by atoms with E-state index in [4.69, 9.17) is 11.5 Å². The highest BCUT2D eigenvalue weighted by Gasteiger charge is 2.03. The van der Waals surface area contributed by atoms with Crippen LogP contribution in [0, 0.1) is 0 Å². The van der Waals surface area contributed by atoms with Crippen molar-refractivity contribution in [3.05, 3.63) is 120 Å². The molecule has 44 heavy (non-hydrogen) atoms. The molecule has 8 heteroatoms. The maximum atomic E-state index is 5.55. The molecule has 234 valence electrons. The average Bonchev–Trinajstić information content (AvgIpc) is 3.06. The first-order chi connectivity index (χ1) is 21.7. The molecule has 3 rings (SSSR count). The van der Waals surface area contributed by atoms with Gasteiger partial charge in [-0.3, -0.25) is 4.99 Å². The topological polar surface area (TPSA) is 91.7 Å². The molecule has 0 bridgehead atoms. The van der Waals surface area contributed by atoms with Crippen molar-refractivity contribution in [3.63, 3.8) is 0 Å². The van der Waals surface area contributed by atoms with Crippen molar-refractivity contribution in [2.75, 3.05) is 68.0 Å². The summed E-state index contributed by atoms with van der Waals surface area (Å²) < 4.78 is 0. The van der Waals surface area contributed by atoms with E-state index in [0.29, 0.717) is 13.1 Å². The molecule has 1 heterocycles. The van der Waals surface area contributed by atoms with E-state index < -0.39 is 0 Å². The van der Waals surface area contributed by atoms with E-state index in [1.165, 1.54) is 11.1 Å². The summed E-state index contributed by atoms with van der Waals surface area (Å²) in [5.41, 5.74) is 18.0. The van der Waals surface area contributed by atoms with Crippen LogP contribution >= 0.6 is 21.6 Å². The maximum absolute atomic E-state index is 5.55. The van der Waals surface area contributed by atoms with E-state index in [1.54, 1.807) is 0 Å². The van der Waals surface area contributed by atoms with Gasteiger partial charge in [-0.1, -0.05) is 88.9 Å². The number of nitrogens with two attached hydrogens (primary N) is 2. The third-order valence-electron chi connectivity index (χ3n) is 6.67. The lowest BCUT2D eigenvalue weighted by Crippen LogP contribution is -2.22. The number of anilines is 2. The molecule has 1 aliphatic heterocycles. The molecule has 0 fully saturated rings. The number of nitrogens with one attached hydrogen (secondary N) is 2. The number of allylic oxidation sites excluding steroid dienone is 7. The van der Waals surface area contributed by atoms with Gasteiger partial charge in [0, 0.05) is 61.8 Å². The van der Waals surface area contributed by atoms with Crippen molar-refractivity contribution in [2.24, 2.45) is 16.5 Å². The number of hydrogen-bond acceptors (Lipinski definition) is 8. The zero-order chi connectivity index (χ0) is 31.1. The molecule has 0 aromatic heterocycles. The van der Waals surface area contributed by atoms with Crippen LogP contribution < -0.4 is 22.1 Å². The molecule has 0 aliphatic carbocycles. The van der Waals surface area contributed by atoms with Crippen LogP contribution in [0.15, 0.2) is 114 Å². The standard InChI is InChI=1S/C36H48N6S2/c1-2-31(5-6-32-9-13-35(14-10-32)40-22-3-20-37)17-24-39-25-29-43-44-30-28-42-26-18-34(19-27-42)8-7-33-11-15-36(16-12-33)41-23-4-21-38/h2,5-19,24,26,40-41H,1,3-4,20-23,25,27-30,37-38H2/b6-5+,8-7+,31-17+,39-24+. The lowest BCUT2D eigenvalue weighted by molar-refractivity contribution is 0.438. The largest absolute Gasteiger partial charge is 0.385 e. The summed E-state index contributed by atoms with van der Waals surface area (Å²) in [6, 6.07) is 16.9. The van der Waals surface area contributed by atoms with Crippen LogP contribution in [0.1, 0.15) is 24.0 Å². The Bertz CT molecular complexity index is 1280. The molecule has 0 atom stereocenters. The van der Waals surface area contributed by atoms with Crippen molar-refractivity contribution < 1.29 is 0 Å². The van der Waals surface area contributed by atoms with Gasteiger partial charge in [0.1, 0.15) is 0 Å². The molecular weight excluding hydrogens is 581 g/mol. The van der Waals surface area contributed by atoms with Crippen LogP contribution in [0.5, 0.6) is 0 Å². The Balaban J connectivity index is 1.25. The first-order valence-corrected chi connectivity index (χ1v) is 17.8. The minimum Gasteiger partial charge on any atom is -0.385 e. The predicted octanol–water partition coefficient (Wildman–Crippen LogP) is 7.25. The molecule has 0 spiro atoms. The summed E-state index contributed by atoms with van der Waals surface area (Å²) in [5.74, 6) is 2.08. The van der Waals surface area contributed by atoms with Crippen molar-refractivity contribution in [1.29, 1.82) is 0 Å². The summed E-state index contributed by atoms with van der Waals surface area (Å²) in [6.45, 7) is 9.92. The smallest absolute Gasteiger partial charge is 0.0488 e. The normalized spacial score (nSPS) is 13.7. The van der Waals surface area contributed by atoms with Gasteiger partial charge in [-0.25, -0.2) is 0 Å². The van der Waals surface area contributed by atoms with Crippen LogP contribution in [0.3, 0.4) is 0 Å². The summed E-state index contributed by atoms with van der Waals surface area (Å²) in [4.78, 5) is 6.89. The van der Waals surface area contributed by atoms with Crippen LogP contribution in [0.25, 0.3) is 12.2 Å². The van der Waals surface area contributed by atoms with E-state index in [1.807, 2.05) is 40.0 Å². The predicted molar refractivity (Wildman–Crippen MR) is 201 cm³/mol. The second kappa shape index (κ2) is 22.1. The van der Waals surface area contributed by atoms with E-state index in [-0.39, 0.29) is 0 Å². The summed E-state index contributed by atoms with van der Waals surface area (Å²) >= 11 is 0. The zero-order valence-corrected chi connectivity index (χ0v) is 27.4. The third-order valence-corrected chi connectivity index (χ3v) is 9.04. The molecule has 6 N–H and O–H groups in total. The Morgan fingerprint density at radius 2 is 1.50 bits per heavy atom. The Morgan fingerprint density at radius 3 is 2.09 bits per heavy atom. The van der Waals surface area contributed by atoms with Crippen LogP contribution in [0.4, 0.5) is 11.4 Å². The van der Waals surface area contributed by atoms with Gasteiger partial charge in [-0.2, -0.15) is 0 Å². The quantitative estimate of drug-likeness (QED) is 0.0501. The van der Waals surface area contributed by atoms with Crippen molar-refractivity contribution >= 4 is 51.3 Å². The molecule has 0 saturated carbocycles. The second-order valence-electron chi connectivity index (χ2n) is 10.1. The van der Waals surface area contributed by atoms with Gasteiger partial charge in [0.15, 0.2) is 0 Å². The monoisotopic (exact) mass is 628 g/mol. The fraction of sp³-hybridized carbons (Fsp3) is 0.306. The van der Waals surface area contributed by atoms with Gasteiger partial charge in [-0.15, -0.1) is 0 Å². The Morgan fingerprint density at radius 1 is 0.864 bits per heavy atom. The lowest BCUT2D eigenvalue weighted by Gasteiger charge is -2.21. The fourth-order valence-corrected chi connectivity index (χ4v) is 5.96. The van der Waals surface area contributed by atoms with Gasteiger partial charge < -0.3 is 27.0 Å². The first kappa shape index (κ1) is 35.1. The van der Waals surface area contributed by atoms with Gasteiger partial charge in [0.05, 0.1) is 0 Å². The lowest BCUT2D eigenvalue weighted by atomic mass is 10.1. The van der Waals surface area contributed by atoms with E-state index in [9.17, 15) is 0 Å². The number of aliphatic imine (C=N–C) groups is 1. The molecule has 2 aromatic carbocycles. The Hall–Kier alpha value is -3.43. The van der Waals surface area contributed by atoms with Crippen molar-refractivity contribution in [1.82, 2.24) is 4.90 Å². The number of rotatable bonds is 21. The van der Waals surface area contributed by atoms with E-state index in [2.05, 4.69) is 118 Å². The molecular formula is C36H48N6S2. The third kappa shape index (κ3) is 14.8. The van der Waals surface area contributed by atoms with E-state index in [0.717, 1.165) is 79.6 Å². The molecule has 0 saturated heterocycles. The minimum atomic E-state index is 0.702. The van der Waals surface area contributed by atoms with Gasteiger partial charge in [-0.05, 0) is 90.8 Å². The van der Waals surface area contributed by atoms with Crippen LogP contribution in [-0.4, -0.2) is 68.4 Å². The summed E-state index contributed by atoms with van der Waals surface area (Å²) in [6.07, 6.45) is 22.9. The minimum absolute atomic E-state index is 0.702. The number of hydrogen-bond donors (Lipinski definition) is 4. The summed E-state index contributed by atoms with van der Waals surface area (Å²) in [5, 5.41) is 6.76. The fourth-order valence-electron chi connectivity index (χ4n) is 4.08. The highest BCUT2D eigenvalue weighted by atomic mass is 33.1. The first-order valence-electron chi connectivity index (χ1n) is 15.3. The van der Waals surface area contributed by atoms with Crippen LogP contribution in [0.2, 0.25) is 0 Å².